The summed E-state index contributed by atoms with van der Waals surface area (Å²) in [7, 11) is 1.82. The third kappa shape index (κ3) is 5.02. The van der Waals surface area contributed by atoms with Crippen LogP contribution < -0.4 is 15.5 Å². The molecular weight excluding hydrogens is 443 g/mol. The van der Waals surface area contributed by atoms with Gasteiger partial charge in [-0.25, -0.2) is 14.4 Å². The van der Waals surface area contributed by atoms with E-state index >= 15 is 0 Å². The van der Waals surface area contributed by atoms with Gasteiger partial charge in [0.2, 0.25) is 0 Å². The van der Waals surface area contributed by atoms with Gasteiger partial charge < -0.3 is 20.3 Å². The Kier molecular flexibility index (Phi) is 6.67. The maximum Gasteiger partial charge on any atom is 0.150 e. The van der Waals surface area contributed by atoms with Gasteiger partial charge in [0.1, 0.15) is 28.9 Å². The van der Waals surface area contributed by atoms with E-state index in [1.165, 1.54) is 25.0 Å². The molecule has 0 radical (unpaired) electrons. The number of methoxy groups -OCH3 is 1. The van der Waals surface area contributed by atoms with E-state index in [0.717, 1.165) is 30.2 Å². The van der Waals surface area contributed by atoms with E-state index < -0.39 is 0 Å². The Morgan fingerprint density at radius 2 is 1.82 bits per heavy atom. The first-order valence-corrected chi connectivity index (χ1v) is 10.9. The van der Waals surface area contributed by atoms with Crippen molar-refractivity contribution in [1.29, 1.82) is 0 Å². The zero-order valence-corrected chi connectivity index (χ0v) is 19.5. The van der Waals surface area contributed by atoms with E-state index in [2.05, 4.69) is 25.5 Å². The number of aromatic nitrogens is 3. The van der Waals surface area contributed by atoms with Gasteiger partial charge in [-0.05, 0) is 43.4 Å². The Labute approximate surface area is 199 Å². The molecule has 7 nitrogen and oxygen atoms in total. The molecule has 0 amide bonds. The third-order valence-corrected chi connectivity index (χ3v) is 6.37. The van der Waals surface area contributed by atoms with Gasteiger partial charge in [0.25, 0.3) is 0 Å². The van der Waals surface area contributed by atoms with Crippen molar-refractivity contribution in [1.82, 2.24) is 15.0 Å². The van der Waals surface area contributed by atoms with Gasteiger partial charge in [-0.2, -0.15) is 0 Å². The first kappa shape index (κ1) is 23.2. The van der Waals surface area contributed by atoms with Gasteiger partial charge in [0.15, 0.2) is 0 Å². The predicted octanol–water partition coefficient (Wildman–Crippen LogP) is 4.96. The summed E-state index contributed by atoms with van der Waals surface area (Å²) >= 11 is 0. The van der Waals surface area contributed by atoms with Crippen LogP contribution in [0.2, 0.25) is 0 Å². The molecule has 174 valence electrons. The highest BCUT2D eigenvalue weighted by atomic mass is 35.5. The quantitative estimate of drug-likeness (QED) is 0.481. The second-order valence-electron chi connectivity index (χ2n) is 8.63. The molecule has 1 atom stereocenters. The van der Waals surface area contributed by atoms with Crippen LogP contribution in [0.5, 0.6) is 0 Å². The number of rotatable bonds is 8. The lowest BCUT2D eigenvalue weighted by molar-refractivity contribution is -0.0510. The van der Waals surface area contributed by atoms with Crippen LogP contribution in [-0.4, -0.2) is 40.8 Å². The fourth-order valence-corrected chi connectivity index (χ4v) is 4.33. The zero-order chi connectivity index (χ0) is 22.1. The first-order valence-electron chi connectivity index (χ1n) is 10.9. The van der Waals surface area contributed by atoms with Crippen molar-refractivity contribution in [2.75, 3.05) is 35.7 Å². The summed E-state index contributed by atoms with van der Waals surface area (Å²) in [6.07, 6.45) is 7.43. The highest BCUT2D eigenvalue weighted by Crippen LogP contribution is 2.48. The largest absolute Gasteiger partial charge is 0.374 e. The Hall–Kier alpha value is -2.97. The molecule has 0 spiro atoms. The lowest BCUT2D eigenvalue weighted by Gasteiger charge is -2.51. The van der Waals surface area contributed by atoms with Crippen molar-refractivity contribution in [2.24, 2.45) is 5.92 Å². The highest BCUT2D eigenvalue weighted by molar-refractivity contribution is 5.85. The molecule has 2 aromatic heterocycles. The number of hydrogen-bond acceptors (Lipinski definition) is 7. The summed E-state index contributed by atoms with van der Waals surface area (Å²) in [6.45, 7) is 3.77. The maximum atomic E-state index is 13.3. The SMILES string of the molecule is COC1(C2CC2)CN(c2cc(Nc3cnccn3)nc(N[C@@H](C)c3ccc(F)cc3)c2)C1.Cl. The molecule has 1 aliphatic heterocycles. The average molecular weight is 471 g/mol. The third-order valence-electron chi connectivity index (χ3n) is 6.37. The molecule has 9 heteroatoms. The summed E-state index contributed by atoms with van der Waals surface area (Å²) in [5.41, 5.74) is 2.02. The van der Waals surface area contributed by atoms with E-state index in [1.807, 2.05) is 26.2 Å². The maximum absolute atomic E-state index is 13.3. The molecular formula is C24H28ClFN6O. The Morgan fingerprint density at radius 3 is 2.45 bits per heavy atom. The van der Waals surface area contributed by atoms with Crippen molar-refractivity contribution in [3.05, 3.63) is 66.4 Å². The smallest absolute Gasteiger partial charge is 0.150 e. The molecule has 1 aromatic carbocycles. The number of nitrogens with one attached hydrogen (secondary N) is 2. The van der Waals surface area contributed by atoms with Gasteiger partial charge in [-0.1, -0.05) is 12.1 Å². The lowest BCUT2D eigenvalue weighted by atomic mass is 9.88. The minimum atomic E-state index is -0.244. The number of hydrogen-bond donors (Lipinski definition) is 2. The molecule has 2 N–H and O–H groups in total. The predicted molar refractivity (Wildman–Crippen MR) is 130 cm³/mol. The summed E-state index contributed by atoms with van der Waals surface area (Å²) in [6, 6.07) is 10.6. The van der Waals surface area contributed by atoms with E-state index in [-0.39, 0.29) is 29.9 Å². The van der Waals surface area contributed by atoms with Crippen LogP contribution in [-0.2, 0) is 4.74 Å². The van der Waals surface area contributed by atoms with Gasteiger partial charge in [0.05, 0.1) is 6.20 Å². The van der Waals surface area contributed by atoms with Crippen LogP contribution in [0, 0.1) is 11.7 Å². The van der Waals surface area contributed by atoms with Crippen LogP contribution in [0.4, 0.5) is 27.5 Å². The molecule has 3 aromatic rings. The fourth-order valence-electron chi connectivity index (χ4n) is 4.33. The highest BCUT2D eigenvalue weighted by Gasteiger charge is 2.53. The average Bonchev–Trinajstić information content (AvgIpc) is 3.60. The summed E-state index contributed by atoms with van der Waals surface area (Å²) in [5, 5.41) is 6.70. The zero-order valence-electron chi connectivity index (χ0n) is 18.7. The minimum Gasteiger partial charge on any atom is -0.374 e. The standard InChI is InChI=1S/C24H27FN6O.ClH/c1-16(17-3-7-19(25)8-4-17)28-21-11-20(31-14-24(15-31,32-2)18-5-6-18)12-22(29-21)30-23-13-26-9-10-27-23;/h3-4,7-13,16,18H,5-6,14-15H2,1-2H3,(H2,27,28,29,30);1H/t16-;/m0./s1. The van der Waals surface area contributed by atoms with Crippen LogP contribution in [0.15, 0.2) is 55.0 Å². The van der Waals surface area contributed by atoms with Gasteiger partial charge in [0, 0.05) is 56.5 Å². The second-order valence-corrected chi connectivity index (χ2v) is 8.63. The topological polar surface area (TPSA) is 75.2 Å². The molecule has 5 rings (SSSR count). The molecule has 2 aliphatic rings. The molecule has 0 bridgehead atoms. The van der Waals surface area contributed by atoms with Gasteiger partial charge in [-0.3, -0.25) is 4.98 Å². The Balaban J connectivity index is 0.00000259. The van der Waals surface area contributed by atoms with E-state index in [1.54, 1.807) is 30.7 Å². The number of anilines is 4. The monoisotopic (exact) mass is 470 g/mol. The number of benzene rings is 1. The van der Waals surface area contributed by atoms with Crippen molar-refractivity contribution in [3.63, 3.8) is 0 Å². The molecule has 33 heavy (non-hydrogen) atoms. The van der Waals surface area contributed by atoms with Gasteiger partial charge >= 0.3 is 0 Å². The van der Waals surface area contributed by atoms with Crippen LogP contribution in [0.25, 0.3) is 0 Å². The molecule has 1 saturated heterocycles. The van der Waals surface area contributed by atoms with Gasteiger partial charge in [-0.15, -0.1) is 12.4 Å². The number of pyridine rings is 1. The first-order chi connectivity index (χ1) is 15.5. The minimum absolute atomic E-state index is 0. The Morgan fingerprint density at radius 1 is 1.09 bits per heavy atom. The summed E-state index contributed by atoms with van der Waals surface area (Å²) < 4.78 is 19.2. The molecule has 1 saturated carbocycles. The van der Waals surface area contributed by atoms with Crippen molar-refractivity contribution in [2.45, 2.75) is 31.4 Å². The number of halogens is 2. The summed E-state index contributed by atoms with van der Waals surface area (Å²) in [4.78, 5) is 15.5. The van der Waals surface area contributed by atoms with Crippen molar-refractivity contribution < 1.29 is 9.13 Å². The lowest BCUT2D eigenvalue weighted by Crippen LogP contribution is -2.64. The molecule has 3 heterocycles. The summed E-state index contributed by atoms with van der Waals surface area (Å²) in [5.74, 6) is 2.46. The van der Waals surface area contributed by atoms with Crippen LogP contribution >= 0.6 is 12.4 Å². The fraction of sp³-hybridized carbons (Fsp3) is 0.375. The van der Waals surface area contributed by atoms with Crippen molar-refractivity contribution in [3.8, 4) is 0 Å². The normalized spacial score (nSPS) is 17.5. The molecule has 0 unspecified atom stereocenters. The molecule has 2 fully saturated rings. The molecule has 1 aliphatic carbocycles. The second kappa shape index (κ2) is 9.49. The van der Waals surface area contributed by atoms with Crippen LogP contribution in [0.3, 0.4) is 0 Å². The van der Waals surface area contributed by atoms with Crippen LogP contribution in [0.1, 0.15) is 31.4 Å². The van der Waals surface area contributed by atoms with E-state index in [4.69, 9.17) is 9.72 Å². The van der Waals surface area contributed by atoms with Crippen molar-refractivity contribution >= 4 is 35.5 Å². The van der Waals surface area contributed by atoms with E-state index in [9.17, 15) is 4.39 Å². The Bertz CT molecular complexity index is 1070. The number of ether oxygens (including phenoxy) is 1. The number of nitrogens with zero attached hydrogens (tertiary/aromatic N) is 4. The van der Waals surface area contributed by atoms with E-state index in [0.29, 0.717) is 17.6 Å².